The van der Waals surface area contributed by atoms with E-state index < -0.39 is 11.6 Å². The van der Waals surface area contributed by atoms with Crippen molar-refractivity contribution in [3.05, 3.63) is 77.4 Å². The highest BCUT2D eigenvalue weighted by atomic mass is 19.1. The normalized spacial score (nSPS) is 16.2. The lowest BCUT2D eigenvalue weighted by Crippen LogP contribution is -2.29. The van der Waals surface area contributed by atoms with E-state index in [4.69, 9.17) is 10.7 Å². The highest BCUT2D eigenvalue weighted by Crippen LogP contribution is 2.34. The van der Waals surface area contributed by atoms with Crippen LogP contribution in [0.2, 0.25) is 0 Å². The highest BCUT2D eigenvalue weighted by molar-refractivity contribution is 5.94. The Morgan fingerprint density at radius 1 is 1.30 bits per heavy atom. The number of aromatic amines is 1. The summed E-state index contributed by atoms with van der Waals surface area (Å²) in [5.41, 5.74) is 1.83. The third kappa shape index (κ3) is 3.96. The van der Waals surface area contributed by atoms with Crippen molar-refractivity contribution in [2.45, 2.75) is 18.9 Å². The number of aromatic nitrogens is 3. The summed E-state index contributed by atoms with van der Waals surface area (Å²) in [6.07, 6.45) is 6.28. The van der Waals surface area contributed by atoms with Crippen LogP contribution < -0.4 is 0 Å². The molecule has 0 saturated carbocycles. The Bertz CT molecular complexity index is 1160. The first-order valence-corrected chi connectivity index (χ1v) is 9.46. The first kappa shape index (κ1) is 19.5. The quantitative estimate of drug-likeness (QED) is 0.496. The van der Waals surface area contributed by atoms with E-state index in [1.165, 1.54) is 6.07 Å². The van der Waals surface area contributed by atoms with Crippen molar-refractivity contribution >= 4 is 11.9 Å². The molecule has 8 heteroatoms. The first-order chi connectivity index (χ1) is 14.5. The molecule has 0 amide bonds. The standard InChI is InChI=1S/C22H18F2N6/c23-14-6-7-17(24)16(11-14)20-5-2-10-30(20)21(26)8-9-22-27-13-19(29-22)18-4-1-3-15(12-25)28-18/h1,3-4,6-9,11,13,20,26H,2,5,10H2,(H,27,29)/b9-8-,26-21?/t20-/m0/s1. The van der Waals surface area contributed by atoms with Crippen molar-refractivity contribution in [1.29, 1.82) is 10.7 Å². The Hall–Kier alpha value is -3.86. The molecule has 1 aromatic carbocycles. The van der Waals surface area contributed by atoms with Crippen LogP contribution in [0.4, 0.5) is 8.78 Å². The molecule has 0 aliphatic carbocycles. The Balaban J connectivity index is 1.50. The van der Waals surface area contributed by atoms with Crippen LogP contribution in [-0.4, -0.2) is 32.2 Å². The van der Waals surface area contributed by atoms with Gasteiger partial charge in [-0.3, -0.25) is 5.41 Å². The summed E-state index contributed by atoms with van der Waals surface area (Å²) in [7, 11) is 0. The molecular formula is C22H18F2N6. The molecule has 2 aromatic heterocycles. The summed E-state index contributed by atoms with van der Waals surface area (Å²) < 4.78 is 27.8. The number of pyridine rings is 1. The van der Waals surface area contributed by atoms with E-state index >= 15 is 0 Å². The lowest BCUT2D eigenvalue weighted by molar-refractivity contribution is 0.385. The molecule has 1 aliphatic rings. The summed E-state index contributed by atoms with van der Waals surface area (Å²) in [6, 6.07) is 10.2. The summed E-state index contributed by atoms with van der Waals surface area (Å²) in [5.74, 6) is -0.235. The Morgan fingerprint density at radius 3 is 3.00 bits per heavy atom. The second-order valence-electron chi connectivity index (χ2n) is 6.94. The van der Waals surface area contributed by atoms with Crippen LogP contribution in [0.1, 0.15) is 36.0 Å². The molecule has 1 atom stereocenters. The smallest absolute Gasteiger partial charge is 0.141 e. The Kier molecular flexibility index (Phi) is 5.35. The van der Waals surface area contributed by atoms with Crippen molar-refractivity contribution < 1.29 is 8.78 Å². The Morgan fingerprint density at radius 2 is 2.17 bits per heavy atom. The van der Waals surface area contributed by atoms with E-state index in [-0.39, 0.29) is 17.4 Å². The molecule has 0 bridgehead atoms. The molecule has 1 fully saturated rings. The maximum absolute atomic E-state index is 14.2. The van der Waals surface area contributed by atoms with Gasteiger partial charge in [0.2, 0.25) is 0 Å². The molecule has 4 rings (SSSR count). The summed E-state index contributed by atoms with van der Waals surface area (Å²) in [6.45, 7) is 0.595. The largest absolute Gasteiger partial charge is 0.350 e. The number of nitrogens with one attached hydrogen (secondary N) is 2. The molecule has 1 saturated heterocycles. The number of likely N-dealkylation sites (tertiary alicyclic amines) is 1. The summed E-state index contributed by atoms with van der Waals surface area (Å²) >= 11 is 0. The number of hydrogen-bond donors (Lipinski definition) is 2. The molecule has 3 heterocycles. The molecule has 0 radical (unpaired) electrons. The SMILES string of the molecule is N#Cc1cccc(-c2cnc(/C=C\C(=N)N3CCC[C@H]3c3cc(F)ccc3F)[nH]2)n1. The lowest BCUT2D eigenvalue weighted by Gasteiger charge is -2.26. The van der Waals surface area contributed by atoms with Crippen molar-refractivity contribution in [3.8, 4) is 17.5 Å². The number of hydrogen-bond acceptors (Lipinski definition) is 4. The zero-order valence-corrected chi connectivity index (χ0v) is 15.9. The molecule has 2 N–H and O–H groups in total. The summed E-state index contributed by atoms with van der Waals surface area (Å²) in [4.78, 5) is 13.3. The number of benzene rings is 1. The number of amidine groups is 1. The fourth-order valence-corrected chi connectivity index (χ4v) is 3.60. The number of halogens is 2. The number of imidazole rings is 1. The predicted octanol–water partition coefficient (Wildman–Crippen LogP) is 4.45. The third-order valence-corrected chi connectivity index (χ3v) is 5.01. The van der Waals surface area contributed by atoms with E-state index in [0.29, 0.717) is 35.9 Å². The maximum Gasteiger partial charge on any atom is 0.141 e. The van der Waals surface area contributed by atoms with Gasteiger partial charge in [0.05, 0.1) is 23.6 Å². The number of nitriles is 1. The minimum Gasteiger partial charge on any atom is -0.350 e. The van der Waals surface area contributed by atoms with E-state index in [9.17, 15) is 8.78 Å². The van der Waals surface area contributed by atoms with Crippen LogP contribution in [-0.2, 0) is 0 Å². The van der Waals surface area contributed by atoms with Crippen molar-refractivity contribution in [2.75, 3.05) is 6.54 Å². The van der Waals surface area contributed by atoms with Gasteiger partial charge >= 0.3 is 0 Å². The topological polar surface area (TPSA) is 92.5 Å². The van der Waals surface area contributed by atoms with Crippen LogP contribution >= 0.6 is 0 Å². The van der Waals surface area contributed by atoms with Crippen LogP contribution in [0, 0.1) is 28.4 Å². The van der Waals surface area contributed by atoms with Crippen molar-refractivity contribution in [3.63, 3.8) is 0 Å². The monoisotopic (exact) mass is 404 g/mol. The van der Waals surface area contributed by atoms with Crippen molar-refractivity contribution in [2.24, 2.45) is 0 Å². The van der Waals surface area contributed by atoms with Gasteiger partial charge in [-0.15, -0.1) is 0 Å². The Labute approximate surface area is 172 Å². The fraction of sp³-hybridized carbons (Fsp3) is 0.182. The zero-order chi connectivity index (χ0) is 21.1. The van der Waals surface area contributed by atoms with Gasteiger partial charge in [-0.1, -0.05) is 6.07 Å². The number of nitrogens with zero attached hydrogens (tertiary/aromatic N) is 4. The molecule has 1 aliphatic heterocycles. The van der Waals surface area contributed by atoms with Gasteiger partial charge in [-0.2, -0.15) is 5.26 Å². The number of rotatable bonds is 4. The summed E-state index contributed by atoms with van der Waals surface area (Å²) in [5, 5.41) is 17.4. The lowest BCUT2D eigenvalue weighted by atomic mass is 10.0. The highest BCUT2D eigenvalue weighted by Gasteiger charge is 2.29. The molecule has 0 unspecified atom stereocenters. The maximum atomic E-state index is 14.2. The predicted molar refractivity (Wildman–Crippen MR) is 108 cm³/mol. The van der Waals surface area contributed by atoms with E-state index in [0.717, 1.165) is 18.6 Å². The minimum absolute atomic E-state index is 0.198. The van der Waals surface area contributed by atoms with E-state index in [1.807, 2.05) is 6.07 Å². The van der Waals surface area contributed by atoms with E-state index in [1.54, 1.807) is 41.4 Å². The molecular weight excluding hydrogens is 386 g/mol. The van der Waals surface area contributed by atoms with Gasteiger partial charge < -0.3 is 9.88 Å². The van der Waals surface area contributed by atoms with Gasteiger partial charge in [0.25, 0.3) is 0 Å². The molecule has 0 spiro atoms. The third-order valence-electron chi connectivity index (χ3n) is 5.01. The molecule has 6 nitrogen and oxygen atoms in total. The molecule has 150 valence electrons. The van der Waals surface area contributed by atoms with E-state index in [2.05, 4.69) is 15.0 Å². The second-order valence-corrected chi connectivity index (χ2v) is 6.94. The second kappa shape index (κ2) is 8.25. The number of H-pyrrole nitrogens is 1. The fourth-order valence-electron chi connectivity index (χ4n) is 3.60. The molecule has 30 heavy (non-hydrogen) atoms. The zero-order valence-electron chi connectivity index (χ0n) is 15.9. The van der Waals surface area contributed by atoms with Crippen molar-refractivity contribution in [1.82, 2.24) is 19.9 Å². The van der Waals surface area contributed by atoms with Crippen LogP contribution in [0.3, 0.4) is 0 Å². The minimum atomic E-state index is -0.488. The average molecular weight is 404 g/mol. The van der Waals surface area contributed by atoms with Gasteiger partial charge in [-0.25, -0.2) is 18.7 Å². The first-order valence-electron chi connectivity index (χ1n) is 9.46. The van der Waals surface area contributed by atoms with Crippen LogP contribution in [0.5, 0.6) is 0 Å². The van der Waals surface area contributed by atoms with Gasteiger partial charge in [-0.05, 0) is 55.3 Å². The van der Waals surface area contributed by atoms with Crippen LogP contribution in [0.25, 0.3) is 17.5 Å². The van der Waals surface area contributed by atoms with Gasteiger partial charge in [0.15, 0.2) is 0 Å². The van der Waals surface area contributed by atoms with Gasteiger partial charge in [0, 0.05) is 12.1 Å². The average Bonchev–Trinajstić information content (AvgIpc) is 3.43. The van der Waals surface area contributed by atoms with Gasteiger partial charge in [0.1, 0.15) is 35.1 Å². The molecule has 3 aromatic rings. The van der Waals surface area contributed by atoms with Crippen LogP contribution in [0.15, 0.2) is 48.7 Å².